The molecule has 2 aromatic heterocycles. The summed E-state index contributed by atoms with van der Waals surface area (Å²) in [6.07, 6.45) is -1.44. The number of amides is 1. The third-order valence-electron chi connectivity index (χ3n) is 4.65. The van der Waals surface area contributed by atoms with Gasteiger partial charge < -0.3 is 19.7 Å². The first-order chi connectivity index (χ1) is 14.8. The quantitative estimate of drug-likeness (QED) is 0.524. The predicted octanol–water partition coefficient (Wildman–Crippen LogP) is 3.71. The van der Waals surface area contributed by atoms with Crippen LogP contribution in [0, 0.1) is 0 Å². The van der Waals surface area contributed by atoms with E-state index in [4.69, 9.17) is 32.5 Å². The molecule has 1 fully saturated rings. The molecule has 31 heavy (non-hydrogen) atoms. The summed E-state index contributed by atoms with van der Waals surface area (Å²) in [6, 6.07) is 7.42. The molecule has 0 radical (unpaired) electrons. The van der Waals surface area contributed by atoms with E-state index in [-0.39, 0.29) is 23.5 Å². The van der Waals surface area contributed by atoms with E-state index in [1.165, 1.54) is 11.0 Å². The van der Waals surface area contributed by atoms with E-state index in [1.54, 1.807) is 38.1 Å². The Kier molecular flexibility index (Phi) is 5.94. The van der Waals surface area contributed by atoms with E-state index in [9.17, 15) is 9.90 Å². The molecular weight excluding hydrogens is 447 g/mol. The van der Waals surface area contributed by atoms with Crippen molar-refractivity contribution >= 4 is 41.1 Å². The van der Waals surface area contributed by atoms with Crippen LogP contribution in [-0.2, 0) is 4.74 Å². The normalized spacial score (nSPS) is 18.0. The molecule has 3 atom stereocenters. The first-order valence-electron chi connectivity index (χ1n) is 9.36. The van der Waals surface area contributed by atoms with Gasteiger partial charge in [-0.1, -0.05) is 28.4 Å². The van der Waals surface area contributed by atoms with E-state index < -0.39 is 24.3 Å². The number of rotatable bonds is 6. The summed E-state index contributed by atoms with van der Waals surface area (Å²) in [7, 11) is 0. The van der Waals surface area contributed by atoms with Gasteiger partial charge in [0.05, 0.1) is 6.10 Å². The number of nitrogens with one attached hydrogen (secondary N) is 1. The molecule has 1 aromatic carbocycles. The van der Waals surface area contributed by atoms with Crippen LogP contribution in [-0.4, -0.2) is 50.1 Å². The van der Waals surface area contributed by atoms with Gasteiger partial charge in [-0.2, -0.15) is 9.97 Å². The summed E-state index contributed by atoms with van der Waals surface area (Å²) in [5.41, 5.74) is 0.754. The fraction of sp³-hybridized carbons (Fsp3) is 0.316. The maximum absolute atomic E-state index is 12.1. The first-order valence-corrected chi connectivity index (χ1v) is 10.1. The molecule has 0 bridgehead atoms. The molecule has 0 spiro atoms. The Hall–Kier alpha value is -2.95. The van der Waals surface area contributed by atoms with Crippen LogP contribution in [0.1, 0.15) is 25.8 Å². The van der Waals surface area contributed by atoms with Gasteiger partial charge in [-0.05, 0) is 38.1 Å². The highest BCUT2D eigenvalue weighted by atomic mass is 35.5. The average molecular weight is 465 g/mol. The zero-order chi connectivity index (χ0) is 22.1. The molecular formula is C19H18Cl2N6O4. The third-order valence-corrected chi connectivity index (χ3v) is 5.10. The maximum atomic E-state index is 12.1. The number of anilines is 2. The fourth-order valence-electron chi connectivity index (χ4n) is 3.03. The monoisotopic (exact) mass is 464 g/mol. The highest BCUT2D eigenvalue weighted by Crippen LogP contribution is 2.28. The third kappa shape index (κ3) is 4.55. The van der Waals surface area contributed by atoms with Crippen LogP contribution in [0.5, 0.6) is 0 Å². The van der Waals surface area contributed by atoms with E-state index in [2.05, 4.69) is 25.4 Å². The number of carbonyl (C=O) groups excluding carboxylic acids is 1. The number of aliphatic hydroxyl groups excluding tert-OH is 1. The van der Waals surface area contributed by atoms with Gasteiger partial charge in [0.15, 0.2) is 0 Å². The molecule has 162 valence electrons. The minimum Gasteiger partial charge on any atom is -0.447 e. The van der Waals surface area contributed by atoms with Gasteiger partial charge in [0.2, 0.25) is 17.7 Å². The zero-order valence-electron chi connectivity index (χ0n) is 16.5. The summed E-state index contributed by atoms with van der Waals surface area (Å²) in [5.74, 6) is 1.06. The Balaban J connectivity index is 1.54. The van der Waals surface area contributed by atoms with Gasteiger partial charge >= 0.3 is 6.09 Å². The summed E-state index contributed by atoms with van der Waals surface area (Å²) in [6.45, 7) is 3.40. The standard InChI is InChI=1S/C19H18Cl2N6O4/c1-9(17-25-16(26-31-17)11-3-5-12(20)6-4-11)22-18-23-14(21)7-15(24-18)27-13(10(2)28)8-30-19(27)29/h3-7,9-10,13,28H,8H2,1-2H3,(H,22,23,24)/t9-,10+,13?/m0/s1. The number of nitrogens with zero attached hydrogens (tertiary/aromatic N) is 5. The second-order valence-corrected chi connectivity index (χ2v) is 7.78. The molecule has 0 saturated carbocycles. The molecule has 1 saturated heterocycles. The predicted molar refractivity (Wildman–Crippen MR) is 113 cm³/mol. The number of benzene rings is 1. The van der Waals surface area contributed by atoms with Crippen LogP contribution in [0.2, 0.25) is 10.2 Å². The van der Waals surface area contributed by atoms with Crippen LogP contribution in [0.15, 0.2) is 34.9 Å². The number of aromatic nitrogens is 4. The van der Waals surface area contributed by atoms with Crippen molar-refractivity contribution in [3.63, 3.8) is 0 Å². The molecule has 1 unspecified atom stereocenters. The molecule has 1 aliphatic rings. The largest absolute Gasteiger partial charge is 0.447 e. The fourth-order valence-corrected chi connectivity index (χ4v) is 3.33. The Bertz CT molecular complexity index is 1090. The highest BCUT2D eigenvalue weighted by Gasteiger charge is 2.38. The number of hydrogen-bond donors (Lipinski definition) is 2. The lowest BCUT2D eigenvalue weighted by Gasteiger charge is -2.23. The van der Waals surface area contributed by atoms with Crippen molar-refractivity contribution < 1.29 is 19.2 Å². The second-order valence-electron chi connectivity index (χ2n) is 6.96. The second kappa shape index (κ2) is 8.66. The summed E-state index contributed by atoms with van der Waals surface area (Å²) >= 11 is 12.0. The van der Waals surface area contributed by atoms with Crippen LogP contribution < -0.4 is 10.2 Å². The number of hydrogen-bond acceptors (Lipinski definition) is 9. The van der Waals surface area contributed by atoms with Crippen molar-refractivity contribution in [2.75, 3.05) is 16.8 Å². The van der Waals surface area contributed by atoms with E-state index in [0.29, 0.717) is 16.7 Å². The van der Waals surface area contributed by atoms with Gasteiger partial charge in [-0.3, -0.25) is 4.90 Å². The first kappa shape index (κ1) is 21.3. The molecule has 1 amide bonds. The molecule has 2 N–H and O–H groups in total. The molecule has 3 aromatic rings. The van der Waals surface area contributed by atoms with E-state index >= 15 is 0 Å². The number of cyclic esters (lactones) is 1. The van der Waals surface area contributed by atoms with E-state index in [0.717, 1.165) is 5.56 Å². The van der Waals surface area contributed by atoms with Crippen molar-refractivity contribution in [3.05, 3.63) is 46.4 Å². The molecule has 0 aliphatic carbocycles. The SMILES string of the molecule is C[C@H](Nc1nc(Cl)cc(N2C(=O)OCC2[C@@H](C)O)n1)c1nc(-c2ccc(Cl)cc2)no1. The van der Waals surface area contributed by atoms with Gasteiger partial charge in [-0.15, -0.1) is 0 Å². The number of carbonyl (C=O) groups is 1. The van der Waals surface area contributed by atoms with Crippen molar-refractivity contribution in [3.8, 4) is 11.4 Å². The molecule has 1 aliphatic heterocycles. The highest BCUT2D eigenvalue weighted by molar-refractivity contribution is 6.30. The zero-order valence-corrected chi connectivity index (χ0v) is 18.0. The van der Waals surface area contributed by atoms with Crippen LogP contribution >= 0.6 is 23.2 Å². The van der Waals surface area contributed by atoms with Crippen LogP contribution in [0.25, 0.3) is 11.4 Å². The summed E-state index contributed by atoms with van der Waals surface area (Å²) < 4.78 is 10.4. The number of halogens is 2. The molecule has 10 nitrogen and oxygen atoms in total. The Labute approximate surface area is 187 Å². The molecule has 3 heterocycles. The average Bonchev–Trinajstić information content (AvgIpc) is 3.35. The van der Waals surface area contributed by atoms with Gasteiger partial charge in [0, 0.05) is 16.7 Å². The topological polar surface area (TPSA) is 127 Å². The van der Waals surface area contributed by atoms with Crippen LogP contribution in [0.3, 0.4) is 0 Å². The van der Waals surface area contributed by atoms with Crippen molar-refractivity contribution in [2.24, 2.45) is 0 Å². The number of aliphatic hydroxyl groups is 1. The molecule has 12 heteroatoms. The van der Waals surface area contributed by atoms with Crippen molar-refractivity contribution in [2.45, 2.75) is 32.0 Å². The van der Waals surface area contributed by atoms with E-state index in [1.807, 2.05) is 0 Å². The van der Waals surface area contributed by atoms with Gasteiger partial charge in [0.25, 0.3) is 0 Å². The Morgan fingerprint density at radius 3 is 2.65 bits per heavy atom. The van der Waals surface area contributed by atoms with Crippen molar-refractivity contribution in [1.29, 1.82) is 0 Å². The lowest BCUT2D eigenvalue weighted by Crippen LogP contribution is -2.41. The van der Waals surface area contributed by atoms with Gasteiger partial charge in [0.1, 0.15) is 29.7 Å². The smallest absolute Gasteiger partial charge is 0.416 e. The van der Waals surface area contributed by atoms with Crippen LogP contribution in [0.4, 0.5) is 16.6 Å². The lowest BCUT2D eigenvalue weighted by atomic mass is 10.2. The van der Waals surface area contributed by atoms with Gasteiger partial charge in [-0.25, -0.2) is 9.78 Å². The summed E-state index contributed by atoms with van der Waals surface area (Å²) in [5, 5.41) is 17.7. The minimum atomic E-state index is -0.819. The summed E-state index contributed by atoms with van der Waals surface area (Å²) in [4.78, 5) is 26.3. The Morgan fingerprint density at radius 1 is 1.19 bits per heavy atom. The number of ether oxygens (including phenoxy) is 1. The lowest BCUT2D eigenvalue weighted by molar-refractivity contribution is 0.142. The Morgan fingerprint density at radius 2 is 1.94 bits per heavy atom. The maximum Gasteiger partial charge on any atom is 0.416 e. The van der Waals surface area contributed by atoms with Crippen molar-refractivity contribution in [1.82, 2.24) is 20.1 Å². The minimum absolute atomic E-state index is 0.0484. The molecule has 4 rings (SSSR count).